The molecule has 1 aromatic carbocycles. The van der Waals surface area contributed by atoms with Crippen LogP contribution in [0.15, 0.2) is 28.7 Å². The van der Waals surface area contributed by atoms with Gasteiger partial charge in [-0.3, -0.25) is 4.79 Å². The molecule has 1 fully saturated rings. The maximum absolute atomic E-state index is 11.9. The van der Waals surface area contributed by atoms with Crippen LogP contribution in [0, 0.1) is 0 Å². The molecule has 18 heavy (non-hydrogen) atoms. The topological polar surface area (TPSA) is 52.3 Å². The van der Waals surface area contributed by atoms with Gasteiger partial charge in [0.2, 0.25) is 5.89 Å². The van der Waals surface area contributed by atoms with Gasteiger partial charge in [0.15, 0.2) is 5.58 Å². The van der Waals surface area contributed by atoms with Gasteiger partial charge in [-0.25, -0.2) is 4.98 Å². The maximum Gasteiger partial charge on any atom is 0.202 e. The number of aromatic nitrogens is 1. The fourth-order valence-electron chi connectivity index (χ4n) is 2.30. The predicted molar refractivity (Wildman–Crippen MR) is 66.3 cm³/mol. The van der Waals surface area contributed by atoms with Crippen LogP contribution in [0.1, 0.15) is 25.2 Å². The molecule has 0 aliphatic carbocycles. The third kappa shape index (κ3) is 2.43. The Bertz CT molecular complexity index is 522. The van der Waals surface area contributed by atoms with Gasteiger partial charge in [0.25, 0.3) is 0 Å². The Kier molecular flexibility index (Phi) is 3.11. The first-order valence-electron chi connectivity index (χ1n) is 6.29. The van der Waals surface area contributed by atoms with Crippen molar-refractivity contribution in [1.82, 2.24) is 4.98 Å². The Morgan fingerprint density at radius 3 is 3.06 bits per heavy atom. The van der Waals surface area contributed by atoms with E-state index >= 15 is 0 Å². The molecule has 2 aromatic rings. The van der Waals surface area contributed by atoms with Gasteiger partial charge in [0.1, 0.15) is 11.3 Å². The molecular formula is C14H15NO3. The minimum Gasteiger partial charge on any atom is -0.440 e. The molecule has 4 heteroatoms. The number of oxazole rings is 1. The highest BCUT2D eigenvalue weighted by molar-refractivity contribution is 5.81. The van der Waals surface area contributed by atoms with Crippen LogP contribution >= 0.6 is 0 Å². The van der Waals surface area contributed by atoms with Crippen LogP contribution in [0.25, 0.3) is 11.1 Å². The molecule has 1 unspecified atom stereocenters. The molecule has 3 rings (SSSR count). The largest absolute Gasteiger partial charge is 0.440 e. The number of ether oxygens (including phenoxy) is 1. The van der Waals surface area contributed by atoms with E-state index in [1.807, 2.05) is 24.3 Å². The summed E-state index contributed by atoms with van der Waals surface area (Å²) in [7, 11) is 0. The van der Waals surface area contributed by atoms with E-state index in [0.717, 1.165) is 30.5 Å². The van der Waals surface area contributed by atoms with Crippen molar-refractivity contribution in [2.75, 3.05) is 6.61 Å². The molecule has 2 heterocycles. The highest BCUT2D eigenvalue weighted by atomic mass is 16.5. The molecule has 1 aliphatic heterocycles. The summed E-state index contributed by atoms with van der Waals surface area (Å²) in [6, 6.07) is 7.54. The summed E-state index contributed by atoms with van der Waals surface area (Å²) < 4.78 is 11.0. The third-order valence-corrected chi connectivity index (χ3v) is 3.17. The fraction of sp³-hybridized carbons (Fsp3) is 0.429. The van der Waals surface area contributed by atoms with Crippen molar-refractivity contribution in [2.24, 2.45) is 0 Å². The van der Waals surface area contributed by atoms with E-state index in [0.29, 0.717) is 12.3 Å². The van der Waals surface area contributed by atoms with E-state index in [1.165, 1.54) is 0 Å². The lowest BCUT2D eigenvalue weighted by atomic mass is 10.1. The predicted octanol–water partition coefficient (Wildman–Crippen LogP) is 2.51. The number of fused-ring (bicyclic) bond motifs is 1. The van der Waals surface area contributed by atoms with Crippen molar-refractivity contribution in [3.63, 3.8) is 0 Å². The standard InChI is InChI=1S/C14H15NO3/c16-10(8-11-4-3-7-17-11)9-14-15-12-5-1-2-6-13(12)18-14/h1-2,5-6,11H,3-4,7-9H2. The first-order chi connectivity index (χ1) is 8.81. The van der Waals surface area contributed by atoms with Crippen LogP contribution in [-0.2, 0) is 16.0 Å². The number of carbonyl (C=O) groups excluding carboxylic acids is 1. The molecule has 0 amide bonds. The SMILES string of the molecule is O=C(Cc1nc2ccccc2o1)CC1CCCO1. The summed E-state index contributed by atoms with van der Waals surface area (Å²) in [4.78, 5) is 16.2. The first-order valence-corrected chi connectivity index (χ1v) is 6.29. The first kappa shape index (κ1) is 11.4. The van der Waals surface area contributed by atoms with Crippen molar-refractivity contribution >= 4 is 16.9 Å². The quantitative estimate of drug-likeness (QED) is 0.830. The Labute approximate surface area is 105 Å². The number of carbonyl (C=O) groups is 1. The lowest BCUT2D eigenvalue weighted by Gasteiger charge is -2.06. The number of Topliss-reactive ketones (excluding diaryl/α,β-unsaturated/α-hetero) is 1. The molecule has 94 valence electrons. The minimum absolute atomic E-state index is 0.0990. The highest BCUT2D eigenvalue weighted by Crippen LogP contribution is 2.18. The molecule has 0 bridgehead atoms. The zero-order valence-electron chi connectivity index (χ0n) is 10.1. The number of para-hydroxylation sites is 2. The monoisotopic (exact) mass is 245 g/mol. The van der Waals surface area contributed by atoms with Crippen molar-refractivity contribution in [2.45, 2.75) is 31.8 Å². The van der Waals surface area contributed by atoms with Gasteiger partial charge in [-0.05, 0) is 25.0 Å². The third-order valence-electron chi connectivity index (χ3n) is 3.17. The zero-order chi connectivity index (χ0) is 12.4. The summed E-state index contributed by atoms with van der Waals surface area (Å²) in [6.45, 7) is 0.779. The van der Waals surface area contributed by atoms with Crippen molar-refractivity contribution in [3.05, 3.63) is 30.2 Å². The van der Waals surface area contributed by atoms with Crippen LogP contribution in [-0.4, -0.2) is 23.5 Å². The smallest absolute Gasteiger partial charge is 0.202 e. The summed E-state index contributed by atoms with van der Waals surface area (Å²) in [5.74, 6) is 0.632. The summed E-state index contributed by atoms with van der Waals surface area (Å²) in [5, 5.41) is 0. The molecule has 0 N–H and O–H groups in total. The van der Waals surface area contributed by atoms with E-state index in [1.54, 1.807) is 0 Å². The van der Waals surface area contributed by atoms with Gasteiger partial charge < -0.3 is 9.15 Å². The molecule has 0 radical (unpaired) electrons. The van der Waals surface area contributed by atoms with Crippen molar-refractivity contribution in [1.29, 1.82) is 0 Å². The average molecular weight is 245 g/mol. The lowest BCUT2D eigenvalue weighted by molar-refractivity contribution is -0.120. The normalized spacial score (nSPS) is 19.4. The van der Waals surface area contributed by atoms with Crippen molar-refractivity contribution in [3.8, 4) is 0 Å². The van der Waals surface area contributed by atoms with E-state index in [9.17, 15) is 4.79 Å². The summed E-state index contributed by atoms with van der Waals surface area (Å²) in [5.41, 5.74) is 1.54. The number of ketones is 1. The Morgan fingerprint density at radius 2 is 2.28 bits per heavy atom. The van der Waals surface area contributed by atoms with Gasteiger partial charge in [0, 0.05) is 13.0 Å². The van der Waals surface area contributed by atoms with Crippen LogP contribution in [0.4, 0.5) is 0 Å². The summed E-state index contributed by atoms with van der Waals surface area (Å²) in [6.07, 6.45) is 2.87. The number of rotatable bonds is 4. The highest BCUT2D eigenvalue weighted by Gasteiger charge is 2.20. The van der Waals surface area contributed by atoms with E-state index < -0.39 is 0 Å². The van der Waals surface area contributed by atoms with Crippen LogP contribution in [0.3, 0.4) is 0 Å². The molecule has 1 atom stereocenters. The summed E-state index contributed by atoms with van der Waals surface area (Å²) >= 11 is 0. The van der Waals surface area contributed by atoms with E-state index in [2.05, 4.69) is 4.98 Å². The molecule has 1 saturated heterocycles. The lowest BCUT2D eigenvalue weighted by Crippen LogP contribution is -2.14. The zero-order valence-corrected chi connectivity index (χ0v) is 10.1. The van der Waals surface area contributed by atoms with Crippen LogP contribution in [0.2, 0.25) is 0 Å². The molecule has 4 nitrogen and oxygen atoms in total. The van der Waals surface area contributed by atoms with Gasteiger partial charge in [-0.2, -0.15) is 0 Å². The van der Waals surface area contributed by atoms with Gasteiger partial charge in [-0.15, -0.1) is 0 Å². The molecule has 1 aliphatic rings. The van der Waals surface area contributed by atoms with E-state index in [4.69, 9.17) is 9.15 Å². The van der Waals surface area contributed by atoms with Crippen LogP contribution in [0.5, 0.6) is 0 Å². The second-order valence-electron chi connectivity index (χ2n) is 4.63. The van der Waals surface area contributed by atoms with Crippen LogP contribution < -0.4 is 0 Å². The molecule has 0 saturated carbocycles. The minimum atomic E-state index is 0.0990. The Balaban J connectivity index is 1.66. The van der Waals surface area contributed by atoms with Gasteiger partial charge >= 0.3 is 0 Å². The van der Waals surface area contributed by atoms with Gasteiger partial charge in [0.05, 0.1) is 12.5 Å². The fourth-order valence-corrected chi connectivity index (χ4v) is 2.30. The Morgan fingerprint density at radius 1 is 1.39 bits per heavy atom. The molecular weight excluding hydrogens is 230 g/mol. The number of benzene rings is 1. The number of nitrogens with zero attached hydrogens (tertiary/aromatic N) is 1. The second-order valence-corrected chi connectivity index (χ2v) is 4.63. The van der Waals surface area contributed by atoms with Crippen molar-refractivity contribution < 1.29 is 13.9 Å². The van der Waals surface area contributed by atoms with E-state index in [-0.39, 0.29) is 18.3 Å². The average Bonchev–Trinajstić information content (AvgIpc) is 2.96. The molecule has 1 aromatic heterocycles. The molecule has 0 spiro atoms. The number of hydrogen-bond acceptors (Lipinski definition) is 4. The number of hydrogen-bond donors (Lipinski definition) is 0. The maximum atomic E-state index is 11.9. The van der Waals surface area contributed by atoms with Gasteiger partial charge in [-0.1, -0.05) is 12.1 Å². The second kappa shape index (κ2) is 4.90. The Hall–Kier alpha value is -1.68.